The van der Waals surface area contributed by atoms with E-state index in [2.05, 4.69) is 20.8 Å². The minimum absolute atomic E-state index is 0.0935. The lowest BCUT2D eigenvalue weighted by Gasteiger charge is -2.28. The molecule has 0 rings (SSSR count). The third kappa shape index (κ3) is 8.17. The minimum atomic E-state index is -0.536. The number of unbranched alkanes of at least 4 members (excludes halogenated alkanes) is 4. The fourth-order valence-electron chi connectivity index (χ4n) is 2.13. The van der Waals surface area contributed by atoms with E-state index < -0.39 is 5.97 Å². The first-order valence-electron chi connectivity index (χ1n) is 7.21. The van der Waals surface area contributed by atoms with E-state index in [1.807, 2.05) is 5.92 Å². The van der Waals surface area contributed by atoms with Gasteiger partial charge in [0.25, 0.3) is 0 Å². The van der Waals surface area contributed by atoms with E-state index in [1.165, 1.54) is 38.5 Å². The fraction of sp³-hybridized carbons (Fsp3) is 0.812. The first-order valence-corrected chi connectivity index (χ1v) is 7.21. The summed E-state index contributed by atoms with van der Waals surface area (Å²) in [7, 11) is 0. The zero-order chi connectivity index (χ0) is 13.9. The molecule has 0 aromatic rings. The molecule has 0 heterocycles. The summed E-state index contributed by atoms with van der Waals surface area (Å²) in [5, 5.41) is 0. The summed E-state index contributed by atoms with van der Waals surface area (Å²) in [5.74, 6) is 1.47. The highest BCUT2D eigenvalue weighted by atomic mass is 16.5. The number of carbonyl (C=O) groups is 1. The monoisotopic (exact) mass is 252 g/mol. The first kappa shape index (κ1) is 17.0. The molecule has 1 unspecified atom stereocenters. The molecular formula is C16H28O2. The molecule has 1 atom stereocenters. The van der Waals surface area contributed by atoms with E-state index in [-0.39, 0.29) is 5.41 Å². The maximum atomic E-state index is 11.1. The van der Waals surface area contributed by atoms with Gasteiger partial charge in [-0.15, -0.1) is 6.42 Å². The number of esters is 1. The zero-order valence-corrected chi connectivity index (χ0v) is 12.3. The molecule has 0 spiro atoms. The Morgan fingerprint density at radius 3 is 2.28 bits per heavy atom. The van der Waals surface area contributed by atoms with Crippen LogP contribution in [0.3, 0.4) is 0 Å². The Balaban J connectivity index is 4.15. The Labute approximate surface area is 112 Å². The Kier molecular flexibility index (Phi) is 9.46. The normalized spacial score (nSPS) is 13.7. The lowest BCUT2D eigenvalue weighted by Crippen LogP contribution is -2.25. The van der Waals surface area contributed by atoms with Gasteiger partial charge >= 0.3 is 5.97 Å². The average Bonchev–Trinajstić information content (AvgIpc) is 2.39. The summed E-state index contributed by atoms with van der Waals surface area (Å²) in [4.78, 5) is 11.1. The van der Waals surface area contributed by atoms with Gasteiger partial charge < -0.3 is 4.74 Å². The topological polar surface area (TPSA) is 26.3 Å². The molecule has 0 N–H and O–H groups in total. The van der Waals surface area contributed by atoms with Crippen LogP contribution in [0.15, 0.2) is 0 Å². The molecule has 0 fully saturated rings. The van der Waals surface area contributed by atoms with Gasteiger partial charge in [-0.3, -0.25) is 0 Å². The van der Waals surface area contributed by atoms with Gasteiger partial charge in [0.2, 0.25) is 0 Å². The van der Waals surface area contributed by atoms with Crippen molar-refractivity contribution >= 4 is 5.97 Å². The number of hydrogen-bond donors (Lipinski definition) is 0. The second kappa shape index (κ2) is 10.00. The Morgan fingerprint density at radius 1 is 1.11 bits per heavy atom. The second-order valence-electron chi connectivity index (χ2n) is 5.45. The van der Waals surface area contributed by atoms with E-state index in [0.717, 1.165) is 12.8 Å². The summed E-state index contributed by atoms with van der Waals surface area (Å²) in [6, 6.07) is 0. The molecule has 18 heavy (non-hydrogen) atoms. The van der Waals surface area contributed by atoms with E-state index in [9.17, 15) is 4.79 Å². The third-order valence-electron chi connectivity index (χ3n) is 3.44. The Bertz CT molecular complexity index is 265. The standard InChI is InChI=1S/C16H28O2/c1-5-8-10-11-13-16(4,12-9-6-2)14-18-15(17)7-3/h3H,5-6,8-14H2,1-2,4H3. The van der Waals surface area contributed by atoms with Crippen LogP contribution in [0.2, 0.25) is 0 Å². The van der Waals surface area contributed by atoms with Crippen LogP contribution in [0.25, 0.3) is 0 Å². The van der Waals surface area contributed by atoms with Gasteiger partial charge in [0.1, 0.15) is 0 Å². The highest BCUT2D eigenvalue weighted by molar-refractivity contribution is 5.87. The molecule has 2 heteroatoms. The molecule has 0 bridgehead atoms. The average molecular weight is 252 g/mol. The molecule has 0 aliphatic carbocycles. The molecule has 0 radical (unpaired) electrons. The van der Waals surface area contributed by atoms with Crippen LogP contribution in [0.4, 0.5) is 0 Å². The van der Waals surface area contributed by atoms with E-state index in [0.29, 0.717) is 6.61 Å². The third-order valence-corrected chi connectivity index (χ3v) is 3.44. The van der Waals surface area contributed by atoms with Gasteiger partial charge in [0.15, 0.2) is 0 Å². The van der Waals surface area contributed by atoms with Crippen molar-refractivity contribution in [2.24, 2.45) is 5.41 Å². The largest absolute Gasteiger partial charge is 0.456 e. The number of carbonyl (C=O) groups excluding carboxylic acids is 1. The van der Waals surface area contributed by atoms with Crippen molar-refractivity contribution in [2.45, 2.75) is 72.1 Å². The number of ether oxygens (including phenoxy) is 1. The lowest BCUT2D eigenvalue weighted by atomic mass is 9.81. The molecule has 0 saturated carbocycles. The predicted molar refractivity (Wildman–Crippen MR) is 76.2 cm³/mol. The van der Waals surface area contributed by atoms with Crippen LogP contribution in [0.5, 0.6) is 0 Å². The molecule has 2 nitrogen and oxygen atoms in total. The molecule has 0 aliphatic heterocycles. The predicted octanol–water partition coefficient (Wildman–Crippen LogP) is 4.33. The van der Waals surface area contributed by atoms with E-state index >= 15 is 0 Å². The SMILES string of the molecule is C#CC(=O)OCC(C)(CCCC)CCCCCC. The summed E-state index contributed by atoms with van der Waals surface area (Å²) in [6.45, 7) is 7.07. The second-order valence-corrected chi connectivity index (χ2v) is 5.45. The summed E-state index contributed by atoms with van der Waals surface area (Å²) < 4.78 is 5.14. The summed E-state index contributed by atoms with van der Waals surface area (Å²) in [6.07, 6.45) is 14.6. The van der Waals surface area contributed by atoms with Crippen molar-refractivity contribution in [3.05, 3.63) is 0 Å². The van der Waals surface area contributed by atoms with Gasteiger partial charge in [0, 0.05) is 11.3 Å². The quantitative estimate of drug-likeness (QED) is 0.250. The van der Waals surface area contributed by atoms with Crippen LogP contribution >= 0.6 is 0 Å². The van der Waals surface area contributed by atoms with Gasteiger partial charge in [-0.2, -0.15) is 0 Å². The number of rotatable bonds is 10. The molecule has 0 saturated heterocycles. The number of hydrogen-bond acceptors (Lipinski definition) is 2. The van der Waals surface area contributed by atoms with Gasteiger partial charge in [0.05, 0.1) is 6.61 Å². The van der Waals surface area contributed by atoms with Crippen LogP contribution < -0.4 is 0 Å². The van der Waals surface area contributed by atoms with E-state index in [1.54, 1.807) is 0 Å². The maximum Gasteiger partial charge on any atom is 0.384 e. The molecule has 0 amide bonds. The van der Waals surface area contributed by atoms with Crippen LogP contribution in [0, 0.1) is 17.8 Å². The van der Waals surface area contributed by atoms with Crippen LogP contribution in [-0.4, -0.2) is 12.6 Å². The van der Waals surface area contributed by atoms with Gasteiger partial charge in [-0.25, -0.2) is 4.79 Å². The van der Waals surface area contributed by atoms with Crippen molar-refractivity contribution in [3.63, 3.8) is 0 Å². The van der Waals surface area contributed by atoms with Crippen LogP contribution in [0.1, 0.15) is 72.1 Å². The van der Waals surface area contributed by atoms with Gasteiger partial charge in [-0.05, 0) is 12.8 Å². The molecular weight excluding hydrogens is 224 g/mol. The Hall–Kier alpha value is -0.970. The zero-order valence-electron chi connectivity index (χ0n) is 12.3. The highest BCUT2D eigenvalue weighted by Crippen LogP contribution is 2.31. The molecule has 0 aliphatic rings. The van der Waals surface area contributed by atoms with E-state index in [4.69, 9.17) is 11.2 Å². The van der Waals surface area contributed by atoms with Gasteiger partial charge in [-0.1, -0.05) is 59.3 Å². The van der Waals surface area contributed by atoms with Crippen LogP contribution in [-0.2, 0) is 9.53 Å². The molecule has 104 valence electrons. The van der Waals surface area contributed by atoms with Crippen molar-refractivity contribution in [2.75, 3.05) is 6.61 Å². The first-order chi connectivity index (χ1) is 8.58. The van der Waals surface area contributed by atoms with Crippen molar-refractivity contribution in [1.29, 1.82) is 0 Å². The Morgan fingerprint density at radius 2 is 1.72 bits per heavy atom. The smallest absolute Gasteiger partial charge is 0.384 e. The summed E-state index contributed by atoms with van der Waals surface area (Å²) >= 11 is 0. The molecule has 0 aromatic carbocycles. The fourth-order valence-corrected chi connectivity index (χ4v) is 2.13. The minimum Gasteiger partial charge on any atom is -0.456 e. The maximum absolute atomic E-state index is 11.1. The molecule has 0 aromatic heterocycles. The summed E-state index contributed by atoms with van der Waals surface area (Å²) in [5.41, 5.74) is 0.0935. The van der Waals surface area contributed by atoms with Crippen molar-refractivity contribution < 1.29 is 9.53 Å². The highest BCUT2D eigenvalue weighted by Gasteiger charge is 2.25. The van der Waals surface area contributed by atoms with Crippen molar-refractivity contribution in [1.82, 2.24) is 0 Å². The lowest BCUT2D eigenvalue weighted by molar-refractivity contribution is -0.140. The number of terminal acetylenes is 1. The van der Waals surface area contributed by atoms with Crippen molar-refractivity contribution in [3.8, 4) is 12.3 Å².